The molecular weight excluding hydrogens is 525 g/mol. The number of thiazole rings is 1. The zero-order chi connectivity index (χ0) is 26.3. The summed E-state index contributed by atoms with van der Waals surface area (Å²) < 4.78 is 95.2. The molecule has 0 saturated carbocycles. The summed E-state index contributed by atoms with van der Waals surface area (Å²) >= 11 is 0.728. The minimum absolute atomic E-state index is 0.135. The number of hydrogen-bond acceptors (Lipinski definition) is 5. The molecule has 3 aromatic rings. The number of alkyl halides is 3. The molecule has 1 N–H and O–H groups in total. The van der Waals surface area contributed by atoms with Crippen LogP contribution in [0.5, 0.6) is 0 Å². The van der Waals surface area contributed by atoms with E-state index in [1.54, 1.807) is 0 Å². The number of amides is 1. The highest BCUT2D eigenvalue weighted by atomic mass is 32.2. The number of nitrogens with one attached hydrogen (secondary N) is 1. The van der Waals surface area contributed by atoms with Crippen LogP contribution in [-0.4, -0.2) is 42.4 Å². The normalized spacial score (nSPS) is 18.9. The summed E-state index contributed by atoms with van der Waals surface area (Å²) in [6, 6.07) is 6.25. The largest absolute Gasteiger partial charge is 0.351 e. The Balaban J connectivity index is 1.50. The monoisotopic (exact) mass is 545 g/mol. The Labute approximate surface area is 207 Å². The van der Waals surface area contributed by atoms with E-state index in [0.29, 0.717) is 6.92 Å². The van der Waals surface area contributed by atoms with E-state index in [-0.39, 0.29) is 34.7 Å². The molecule has 2 heterocycles. The van der Waals surface area contributed by atoms with Gasteiger partial charge >= 0.3 is 0 Å². The van der Waals surface area contributed by atoms with Crippen LogP contribution in [0.3, 0.4) is 0 Å². The molecule has 4 rings (SSSR count). The maximum atomic E-state index is 14.2. The number of carbonyl (C=O) groups is 1. The summed E-state index contributed by atoms with van der Waals surface area (Å²) in [5, 5.41) is 3.42. The molecular formula is C23H20F5N3O3S2. The molecule has 6 nitrogen and oxygen atoms in total. The van der Waals surface area contributed by atoms with Crippen molar-refractivity contribution >= 4 is 27.3 Å². The standard InChI is InChI=1S/C23H20F5N3O3S2/c1-23(27,28)22-30-19(12-35-22)14-6-13(7-16(25)8-14)10-29-21(32)20-9-17(26)11-31(20)36(33,34)18-4-2-15(24)3-5-18/h2-8,12,17,20H,9-11H2,1H3,(H,29,32)/t17-,20+/m1/s1. The SMILES string of the molecule is CC(F)(F)c1nc(-c2cc(F)cc(CNC(=O)[C@@H]3C[C@@H](F)CN3S(=O)(=O)c3ccc(F)cc3)c2)cs1. The van der Waals surface area contributed by atoms with Crippen LogP contribution in [0.2, 0.25) is 0 Å². The molecule has 1 fully saturated rings. The lowest BCUT2D eigenvalue weighted by molar-refractivity contribution is -0.124. The summed E-state index contributed by atoms with van der Waals surface area (Å²) in [6.07, 6.45) is -1.97. The van der Waals surface area contributed by atoms with Gasteiger partial charge in [-0.2, -0.15) is 13.1 Å². The highest BCUT2D eigenvalue weighted by Gasteiger charge is 2.44. The third-order valence-electron chi connectivity index (χ3n) is 5.53. The van der Waals surface area contributed by atoms with Gasteiger partial charge in [0.1, 0.15) is 23.8 Å². The number of benzene rings is 2. The summed E-state index contributed by atoms with van der Waals surface area (Å²) in [5.41, 5.74) is 0.617. The lowest BCUT2D eigenvalue weighted by atomic mass is 10.1. The average molecular weight is 546 g/mol. The first kappa shape index (κ1) is 26.2. The van der Waals surface area contributed by atoms with Crippen molar-refractivity contribution < 1.29 is 35.2 Å². The average Bonchev–Trinajstić information content (AvgIpc) is 3.45. The molecule has 1 aliphatic heterocycles. The van der Waals surface area contributed by atoms with E-state index in [1.807, 2.05) is 0 Å². The minimum Gasteiger partial charge on any atom is -0.351 e. The molecule has 0 bridgehead atoms. The molecule has 0 radical (unpaired) electrons. The smallest absolute Gasteiger partial charge is 0.296 e. The van der Waals surface area contributed by atoms with E-state index in [0.717, 1.165) is 52.0 Å². The maximum Gasteiger partial charge on any atom is 0.296 e. The van der Waals surface area contributed by atoms with Gasteiger partial charge in [-0.1, -0.05) is 0 Å². The Morgan fingerprint density at radius 2 is 1.86 bits per heavy atom. The van der Waals surface area contributed by atoms with Gasteiger partial charge in [-0.15, -0.1) is 11.3 Å². The van der Waals surface area contributed by atoms with Gasteiger partial charge < -0.3 is 5.32 Å². The van der Waals surface area contributed by atoms with E-state index in [2.05, 4.69) is 10.3 Å². The first-order valence-electron chi connectivity index (χ1n) is 10.7. The number of carbonyl (C=O) groups excluding carboxylic acids is 1. The van der Waals surface area contributed by atoms with Crippen LogP contribution in [0.25, 0.3) is 11.3 Å². The van der Waals surface area contributed by atoms with Crippen molar-refractivity contribution in [3.63, 3.8) is 0 Å². The molecule has 192 valence electrons. The van der Waals surface area contributed by atoms with E-state index in [4.69, 9.17) is 0 Å². The van der Waals surface area contributed by atoms with E-state index >= 15 is 0 Å². The number of hydrogen-bond donors (Lipinski definition) is 1. The van der Waals surface area contributed by atoms with Crippen LogP contribution < -0.4 is 5.32 Å². The van der Waals surface area contributed by atoms with Crippen LogP contribution in [0.1, 0.15) is 23.9 Å². The fourth-order valence-corrected chi connectivity index (χ4v) is 6.21. The van der Waals surface area contributed by atoms with Gasteiger partial charge in [-0.05, 0) is 48.0 Å². The zero-order valence-electron chi connectivity index (χ0n) is 18.7. The summed E-state index contributed by atoms with van der Waals surface area (Å²) in [7, 11) is -4.29. The number of halogens is 5. The van der Waals surface area contributed by atoms with Crippen molar-refractivity contribution in [2.75, 3.05) is 6.54 Å². The molecule has 1 amide bonds. The van der Waals surface area contributed by atoms with Gasteiger partial charge in [0.15, 0.2) is 5.01 Å². The highest BCUT2D eigenvalue weighted by Crippen LogP contribution is 2.33. The lowest BCUT2D eigenvalue weighted by Crippen LogP contribution is -2.45. The molecule has 1 aromatic heterocycles. The van der Waals surface area contributed by atoms with Crippen molar-refractivity contribution in [1.82, 2.24) is 14.6 Å². The van der Waals surface area contributed by atoms with Gasteiger partial charge in [0, 0.05) is 37.4 Å². The van der Waals surface area contributed by atoms with Crippen molar-refractivity contribution in [3.8, 4) is 11.3 Å². The highest BCUT2D eigenvalue weighted by molar-refractivity contribution is 7.89. The third-order valence-corrected chi connectivity index (χ3v) is 8.43. The molecule has 0 aliphatic carbocycles. The number of rotatable bonds is 7. The van der Waals surface area contributed by atoms with Crippen LogP contribution in [0.15, 0.2) is 52.7 Å². The van der Waals surface area contributed by atoms with Crippen molar-refractivity contribution in [1.29, 1.82) is 0 Å². The number of sulfonamides is 1. The third kappa shape index (κ3) is 5.57. The fraction of sp³-hybridized carbons (Fsp3) is 0.304. The van der Waals surface area contributed by atoms with Crippen LogP contribution >= 0.6 is 11.3 Å². The summed E-state index contributed by atoms with van der Waals surface area (Å²) in [6.45, 7) is -0.0781. The molecule has 0 unspecified atom stereocenters. The van der Waals surface area contributed by atoms with Gasteiger partial charge in [0.05, 0.1) is 10.6 Å². The zero-order valence-corrected chi connectivity index (χ0v) is 20.4. The van der Waals surface area contributed by atoms with Gasteiger partial charge in [-0.3, -0.25) is 4.79 Å². The second kappa shape index (κ2) is 9.87. The van der Waals surface area contributed by atoms with Crippen molar-refractivity contribution in [2.45, 2.75) is 42.9 Å². The van der Waals surface area contributed by atoms with Gasteiger partial charge in [0.25, 0.3) is 5.92 Å². The van der Waals surface area contributed by atoms with Crippen LogP contribution in [-0.2, 0) is 27.3 Å². The second-order valence-corrected chi connectivity index (χ2v) is 11.1. The molecule has 13 heteroatoms. The van der Waals surface area contributed by atoms with Crippen LogP contribution in [0, 0.1) is 11.6 Å². The van der Waals surface area contributed by atoms with Crippen molar-refractivity contribution in [2.24, 2.45) is 0 Å². The maximum absolute atomic E-state index is 14.2. The summed E-state index contributed by atoms with van der Waals surface area (Å²) in [5.74, 6) is -5.30. The molecule has 1 aliphatic rings. The Kier molecular flexibility index (Phi) is 7.17. The minimum atomic E-state index is -4.29. The second-order valence-electron chi connectivity index (χ2n) is 8.37. The number of nitrogens with zero attached hydrogens (tertiary/aromatic N) is 2. The predicted octanol–water partition coefficient (Wildman–Crippen LogP) is 4.62. The van der Waals surface area contributed by atoms with E-state index < -0.39 is 57.3 Å². The quantitative estimate of drug-likeness (QED) is 0.440. The van der Waals surface area contributed by atoms with E-state index in [9.17, 15) is 35.2 Å². The Hall–Kier alpha value is -2.90. The van der Waals surface area contributed by atoms with Crippen molar-refractivity contribution in [3.05, 3.63) is 70.1 Å². The molecule has 1 saturated heterocycles. The van der Waals surface area contributed by atoms with Gasteiger partial charge in [-0.25, -0.2) is 26.6 Å². The first-order chi connectivity index (χ1) is 16.8. The van der Waals surface area contributed by atoms with Gasteiger partial charge in [0.2, 0.25) is 15.9 Å². The predicted molar refractivity (Wildman–Crippen MR) is 123 cm³/mol. The lowest BCUT2D eigenvalue weighted by Gasteiger charge is -2.23. The Bertz CT molecular complexity index is 1370. The topological polar surface area (TPSA) is 79.4 Å². The number of aromatic nitrogens is 1. The van der Waals surface area contributed by atoms with Crippen LogP contribution in [0.4, 0.5) is 22.0 Å². The molecule has 2 atom stereocenters. The molecule has 2 aromatic carbocycles. The fourth-order valence-electron chi connectivity index (χ4n) is 3.82. The Morgan fingerprint density at radius 3 is 2.50 bits per heavy atom. The van der Waals surface area contributed by atoms with E-state index in [1.165, 1.54) is 11.4 Å². The Morgan fingerprint density at radius 1 is 1.17 bits per heavy atom. The molecule has 36 heavy (non-hydrogen) atoms. The summed E-state index contributed by atoms with van der Waals surface area (Å²) in [4.78, 5) is 16.4. The first-order valence-corrected chi connectivity index (χ1v) is 13.0. The molecule has 0 spiro atoms.